The Morgan fingerprint density at radius 1 is 1.42 bits per heavy atom. The molecule has 19 heavy (non-hydrogen) atoms. The number of halogens is 5. The van der Waals surface area contributed by atoms with Gasteiger partial charge in [-0.05, 0) is 0 Å². The minimum atomic E-state index is -5.18. The Balaban J connectivity index is 3.54. The Bertz CT molecular complexity index is 632. The number of nitrogens with zero attached hydrogens (tertiary/aromatic N) is 2. The van der Waals surface area contributed by atoms with Crippen molar-refractivity contribution in [3.63, 3.8) is 0 Å². The van der Waals surface area contributed by atoms with Crippen molar-refractivity contribution in [1.82, 2.24) is 4.98 Å². The number of pyridine rings is 1. The van der Waals surface area contributed by atoms with E-state index in [0.29, 0.717) is 0 Å². The molecule has 1 rings (SSSR count). The summed E-state index contributed by atoms with van der Waals surface area (Å²) in [4.78, 5) is 12.2. The topological polar surface area (TPSA) is 99.4 Å². The number of rotatable bonds is 3. The van der Waals surface area contributed by atoms with E-state index in [4.69, 9.17) is 22.3 Å². The lowest BCUT2D eigenvalue weighted by atomic mass is 10.4. The van der Waals surface area contributed by atoms with Gasteiger partial charge in [-0.25, -0.2) is 13.4 Å². The molecule has 0 amide bonds. The van der Waals surface area contributed by atoms with Crippen LogP contribution in [0, 0.1) is 10.1 Å². The summed E-state index contributed by atoms with van der Waals surface area (Å²) in [5.74, 6) is -1.22. The molecule has 0 aliphatic carbocycles. The van der Waals surface area contributed by atoms with E-state index < -0.39 is 41.8 Å². The van der Waals surface area contributed by atoms with Gasteiger partial charge in [0.05, 0.1) is 11.1 Å². The maximum Gasteiger partial charge on any atom is 0.573 e. The lowest BCUT2D eigenvalue weighted by Crippen LogP contribution is -2.18. The minimum absolute atomic E-state index is 0.262. The second-order valence-electron chi connectivity index (χ2n) is 2.83. The Hall–Kier alpha value is -1.33. The molecular weight excluding hydrogens is 340 g/mol. The monoisotopic (exact) mass is 340 g/mol. The molecule has 0 spiro atoms. The SMILES string of the molecule is O=[N+]([O-])c1c(S(=O)(=O)Cl)ncc(OC(F)(F)F)c1Cl. The molecule has 106 valence electrons. The van der Waals surface area contributed by atoms with Crippen LogP contribution in [0.2, 0.25) is 5.02 Å². The van der Waals surface area contributed by atoms with E-state index in [1.54, 1.807) is 0 Å². The second kappa shape index (κ2) is 4.98. The van der Waals surface area contributed by atoms with Gasteiger partial charge in [0.1, 0.15) is 0 Å². The lowest BCUT2D eigenvalue weighted by Gasteiger charge is -2.10. The van der Waals surface area contributed by atoms with Crippen molar-refractivity contribution in [3.05, 3.63) is 21.3 Å². The normalized spacial score (nSPS) is 12.3. The van der Waals surface area contributed by atoms with Crippen LogP contribution in [0.4, 0.5) is 18.9 Å². The molecule has 0 unspecified atom stereocenters. The van der Waals surface area contributed by atoms with Crippen LogP contribution in [-0.2, 0) is 9.05 Å². The maximum atomic E-state index is 12.0. The fourth-order valence-corrected chi connectivity index (χ4v) is 2.20. The molecule has 0 aliphatic rings. The highest BCUT2D eigenvalue weighted by molar-refractivity contribution is 8.13. The van der Waals surface area contributed by atoms with Crippen LogP contribution in [0.25, 0.3) is 0 Å². The molecule has 0 saturated heterocycles. The number of hydrogen-bond acceptors (Lipinski definition) is 6. The van der Waals surface area contributed by atoms with Crippen molar-refractivity contribution in [3.8, 4) is 5.75 Å². The molecule has 0 radical (unpaired) electrons. The highest BCUT2D eigenvalue weighted by atomic mass is 35.7. The summed E-state index contributed by atoms with van der Waals surface area (Å²) in [6.45, 7) is 0. The average Bonchev–Trinajstić information content (AvgIpc) is 2.16. The predicted molar refractivity (Wildman–Crippen MR) is 55.6 cm³/mol. The summed E-state index contributed by atoms with van der Waals surface area (Å²) in [6.07, 6.45) is -4.92. The number of alkyl halides is 3. The molecule has 0 saturated carbocycles. The Morgan fingerprint density at radius 2 is 1.95 bits per heavy atom. The standard InChI is InChI=1S/C6HCl2F3N2O5S/c7-3-2(18-6(9,10)11)1-12-5(19(8,16)17)4(3)13(14)15/h1H. The largest absolute Gasteiger partial charge is 0.573 e. The molecule has 1 aromatic rings. The maximum absolute atomic E-state index is 12.0. The zero-order chi connectivity index (χ0) is 15.0. The number of aromatic nitrogens is 1. The summed E-state index contributed by atoms with van der Waals surface area (Å²) in [5, 5.41) is 8.17. The summed E-state index contributed by atoms with van der Waals surface area (Å²) >= 11 is 5.29. The highest BCUT2D eigenvalue weighted by Crippen LogP contribution is 2.40. The summed E-state index contributed by atoms with van der Waals surface area (Å²) in [7, 11) is 0.186. The van der Waals surface area contributed by atoms with Crippen molar-refractivity contribution in [2.75, 3.05) is 0 Å². The first-order chi connectivity index (χ1) is 8.43. The molecule has 0 fully saturated rings. The first-order valence-corrected chi connectivity index (χ1v) is 6.65. The fourth-order valence-electron chi connectivity index (χ4n) is 0.978. The molecule has 13 heteroatoms. The third-order valence-corrected chi connectivity index (χ3v) is 3.13. The zero-order valence-corrected chi connectivity index (χ0v) is 10.6. The van der Waals surface area contributed by atoms with Gasteiger partial charge < -0.3 is 4.74 Å². The predicted octanol–water partition coefficient (Wildman–Crippen LogP) is 2.47. The van der Waals surface area contributed by atoms with Crippen LogP contribution < -0.4 is 4.74 Å². The molecule has 1 heterocycles. The Labute approximate surface area is 112 Å². The van der Waals surface area contributed by atoms with Crippen molar-refractivity contribution in [2.24, 2.45) is 0 Å². The van der Waals surface area contributed by atoms with Gasteiger partial charge in [-0.15, -0.1) is 13.2 Å². The van der Waals surface area contributed by atoms with Crippen LogP contribution in [0.3, 0.4) is 0 Å². The first kappa shape index (κ1) is 15.7. The summed E-state index contributed by atoms with van der Waals surface area (Å²) < 4.78 is 61.2. The molecule has 0 aromatic carbocycles. The number of nitro groups is 1. The van der Waals surface area contributed by atoms with Crippen molar-refractivity contribution in [2.45, 2.75) is 11.4 Å². The lowest BCUT2D eigenvalue weighted by molar-refractivity contribution is -0.388. The highest BCUT2D eigenvalue weighted by Gasteiger charge is 2.37. The second-order valence-corrected chi connectivity index (χ2v) is 5.69. The van der Waals surface area contributed by atoms with E-state index in [1.807, 2.05) is 0 Å². The third kappa shape index (κ3) is 3.81. The Morgan fingerprint density at radius 3 is 2.32 bits per heavy atom. The van der Waals surface area contributed by atoms with E-state index in [9.17, 15) is 31.7 Å². The van der Waals surface area contributed by atoms with Gasteiger partial charge in [0.25, 0.3) is 14.1 Å². The summed E-state index contributed by atoms with van der Waals surface area (Å²) in [6, 6.07) is 0. The molecule has 0 N–H and O–H groups in total. The smallest absolute Gasteiger partial charge is 0.402 e. The van der Waals surface area contributed by atoms with Gasteiger partial charge in [-0.3, -0.25) is 10.1 Å². The quantitative estimate of drug-likeness (QED) is 0.476. The van der Waals surface area contributed by atoms with Gasteiger partial charge in [0.2, 0.25) is 0 Å². The number of hydrogen-bond donors (Lipinski definition) is 0. The Kier molecular flexibility index (Phi) is 4.12. The van der Waals surface area contributed by atoms with E-state index in [-0.39, 0.29) is 6.20 Å². The van der Waals surface area contributed by atoms with Crippen LogP contribution in [0.15, 0.2) is 11.2 Å². The van der Waals surface area contributed by atoms with Crippen LogP contribution in [0.1, 0.15) is 0 Å². The average molecular weight is 341 g/mol. The summed E-state index contributed by atoms with van der Waals surface area (Å²) in [5.41, 5.74) is -1.40. The van der Waals surface area contributed by atoms with Gasteiger partial charge in [-0.2, -0.15) is 0 Å². The number of ether oxygens (including phenoxy) is 1. The van der Waals surface area contributed by atoms with Crippen LogP contribution >= 0.6 is 22.3 Å². The fraction of sp³-hybridized carbons (Fsp3) is 0.167. The van der Waals surface area contributed by atoms with E-state index >= 15 is 0 Å². The van der Waals surface area contributed by atoms with Crippen molar-refractivity contribution >= 4 is 37.0 Å². The first-order valence-electron chi connectivity index (χ1n) is 3.97. The molecule has 0 aliphatic heterocycles. The van der Waals surface area contributed by atoms with Gasteiger partial charge >= 0.3 is 12.0 Å². The van der Waals surface area contributed by atoms with Crippen LogP contribution in [-0.4, -0.2) is 24.7 Å². The molecular formula is C6HCl2F3N2O5S. The van der Waals surface area contributed by atoms with Gasteiger partial charge in [0, 0.05) is 10.7 Å². The van der Waals surface area contributed by atoms with Gasteiger partial charge in [-0.1, -0.05) is 11.6 Å². The minimum Gasteiger partial charge on any atom is -0.402 e. The van der Waals surface area contributed by atoms with Crippen molar-refractivity contribution < 1.29 is 31.2 Å². The van der Waals surface area contributed by atoms with Crippen molar-refractivity contribution in [1.29, 1.82) is 0 Å². The molecule has 0 atom stereocenters. The third-order valence-electron chi connectivity index (χ3n) is 1.57. The van der Waals surface area contributed by atoms with E-state index in [2.05, 4.69) is 9.72 Å². The van der Waals surface area contributed by atoms with Gasteiger partial charge in [0.15, 0.2) is 10.8 Å². The molecule has 1 aromatic heterocycles. The van der Waals surface area contributed by atoms with Crippen LogP contribution in [0.5, 0.6) is 5.75 Å². The zero-order valence-electron chi connectivity index (χ0n) is 8.31. The molecule has 0 bridgehead atoms. The van der Waals surface area contributed by atoms with E-state index in [1.165, 1.54) is 0 Å². The molecule has 7 nitrogen and oxygen atoms in total. The van der Waals surface area contributed by atoms with E-state index in [0.717, 1.165) is 0 Å².